The first-order chi connectivity index (χ1) is 13.6. The zero-order chi connectivity index (χ0) is 19.5. The second-order valence-electron chi connectivity index (χ2n) is 6.66. The van der Waals surface area contributed by atoms with Gasteiger partial charge in [-0.15, -0.1) is 0 Å². The maximum absolute atomic E-state index is 12.6. The molecule has 7 heteroatoms. The number of nitrogens with zero attached hydrogens (tertiary/aromatic N) is 3. The summed E-state index contributed by atoms with van der Waals surface area (Å²) < 4.78 is 0. The lowest BCUT2D eigenvalue weighted by molar-refractivity contribution is -0.113. The summed E-state index contributed by atoms with van der Waals surface area (Å²) in [6.07, 6.45) is 4.70. The number of hydrogen-bond acceptors (Lipinski definition) is 5. The molecule has 1 aliphatic rings. The quantitative estimate of drug-likeness (QED) is 0.667. The van der Waals surface area contributed by atoms with Gasteiger partial charge >= 0.3 is 0 Å². The molecule has 7 nitrogen and oxygen atoms in total. The summed E-state index contributed by atoms with van der Waals surface area (Å²) in [4.78, 5) is 33.9. The van der Waals surface area contributed by atoms with Gasteiger partial charge in [0, 0.05) is 36.3 Å². The number of nitrogens with one attached hydrogen (secondary N) is 1. The van der Waals surface area contributed by atoms with Crippen LogP contribution in [0.15, 0.2) is 60.8 Å². The second kappa shape index (κ2) is 7.48. The maximum Gasteiger partial charge on any atom is 0.253 e. The first-order valence-corrected chi connectivity index (χ1v) is 8.94. The normalized spacial score (nSPS) is 14.2. The Kier molecular flexibility index (Phi) is 4.72. The highest BCUT2D eigenvalue weighted by molar-refractivity contribution is 5.95. The van der Waals surface area contributed by atoms with Crippen molar-refractivity contribution in [3.63, 3.8) is 0 Å². The monoisotopic (exact) mass is 373 g/mol. The third-order valence-corrected chi connectivity index (χ3v) is 4.59. The molecule has 4 rings (SSSR count). The van der Waals surface area contributed by atoms with Gasteiger partial charge in [0.1, 0.15) is 0 Å². The van der Waals surface area contributed by atoms with E-state index in [4.69, 9.17) is 5.73 Å². The standard InChI is InChI=1S/C21H19N5O2/c22-19(27)10-7-14-5-8-15(9-6-14)20(28)26-12-17(13-26)24-21-23-11-16-3-1-2-4-18(16)25-21/h1-11,17H,12-13H2,(H2,22,27)(H,23,24,25). The van der Waals surface area contributed by atoms with Gasteiger partial charge in [-0.25, -0.2) is 9.97 Å². The predicted octanol–water partition coefficient (Wildman–Crippen LogP) is 2.06. The van der Waals surface area contributed by atoms with Crippen LogP contribution in [0.1, 0.15) is 15.9 Å². The highest BCUT2D eigenvalue weighted by Gasteiger charge is 2.31. The minimum Gasteiger partial charge on any atom is -0.366 e. The smallest absolute Gasteiger partial charge is 0.253 e. The molecule has 2 aromatic carbocycles. The topological polar surface area (TPSA) is 101 Å². The summed E-state index contributed by atoms with van der Waals surface area (Å²) >= 11 is 0. The lowest BCUT2D eigenvalue weighted by Crippen LogP contribution is -2.57. The van der Waals surface area contributed by atoms with E-state index < -0.39 is 5.91 Å². The molecule has 28 heavy (non-hydrogen) atoms. The molecule has 1 aliphatic heterocycles. The van der Waals surface area contributed by atoms with Crippen LogP contribution in [0.3, 0.4) is 0 Å². The Balaban J connectivity index is 1.34. The van der Waals surface area contributed by atoms with Crippen LogP contribution in [0.25, 0.3) is 17.0 Å². The minimum atomic E-state index is -0.505. The number of nitrogens with two attached hydrogens (primary N) is 1. The van der Waals surface area contributed by atoms with Crippen molar-refractivity contribution in [2.24, 2.45) is 5.73 Å². The van der Waals surface area contributed by atoms with Crippen molar-refractivity contribution in [2.75, 3.05) is 18.4 Å². The van der Waals surface area contributed by atoms with Gasteiger partial charge < -0.3 is 16.0 Å². The number of fused-ring (bicyclic) bond motifs is 1. The second-order valence-corrected chi connectivity index (χ2v) is 6.66. The van der Waals surface area contributed by atoms with Crippen LogP contribution in [0.4, 0.5) is 5.95 Å². The number of carbonyl (C=O) groups excluding carboxylic acids is 2. The van der Waals surface area contributed by atoms with Crippen LogP contribution in [-0.2, 0) is 4.79 Å². The lowest BCUT2D eigenvalue weighted by Gasteiger charge is -2.39. The van der Waals surface area contributed by atoms with E-state index in [1.165, 1.54) is 6.08 Å². The molecule has 0 unspecified atom stereocenters. The van der Waals surface area contributed by atoms with E-state index in [0.717, 1.165) is 16.5 Å². The van der Waals surface area contributed by atoms with Crippen LogP contribution < -0.4 is 11.1 Å². The van der Waals surface area contributed by atoms with Gasteiger partial charge in [0.05, 0.1) is 11.6 Å². The number of hydrogen-bond donors (Lipinski definition) is 2. The molecular formula is C21H19N5O2. The third-order valence-electron chi connectivity index (χ3n) is 4.59. The number of amides is 2. The van der Waals surface area contributed by atoms with Crippen LogP contribution in [0.2, 0.25) is 0 Å². The van der Waals surface area contributed by atoms with Gasteiger partial charge in [0.2, 0.25) is 11.9 Å². The number of likely N-dealkylation sites (tertiary alicyclic amines) is 1. The summed E-state index contributed by atoms with van der Waals surface area (Å²) in [5, 5.41) is 4.27. The maximum atomic E-state index is 12.6. The van der Waals surface area contributed by atoms with Gasteiger partial charge in [0.25, 0.3) is 5.91 Å². The van der Waals surface area contributed by atoms with Crippen molar-refractivity contribution in [3.8, 4) is 0 Å². The molecular weight excluding hydrogens is 354 g/mol. The van der Waals surface area contributed by atoms with E-state index >= 15 is 0 Å². The fraction of sp³-hybridized carbons (Fsp3) is 0.143. The first kappa shape index (κ1) is 17.7. The Hall–Kier alpha value is -3.74. The first-order valence-electron chi connectivity index (χ1n) is 8.94. The number of aromatic nitrogens is 2. The number of anilines is 1. The molecule has 0 radical (unpaired) electrons. The van der Waals surface area contributed by atoms with Gasteiger partial charge in [-0.3, -0.25) is 9.59 Å². The van der Waals surface area contributed by atoms with Crippen molar-refractivity contribution >= 4 is 34.7 Å². The van der Waals surface area contributed by atoms with Crippen LogP contribution in [-0.4, -0.2) is 45.8 Å². The SMILES string of the molecule is NC(=O)C=Cc1ccc(C(=O)N2CC(Nc3ncc4ccccc4n3)C2)cc1. The molecule has 3 N–H and O–H groups in total. The Morgan fingerprint density at radius 3 is 2.61 bits per heavy atom. The minimum absolute atomic E-state index is 0.0251. The number of carbonyl (C=O) groups is 2. The average molecular weight is 373 g/mol. The summed E-state index contributed by atoms with van der Waals surface area (Å²) in [6, 6.07) is 15.0. The van der Waals surface area contributed by atoms with Gasteiger partial charge in [-0.1, -0.05) is 30.3 Å². The Morgan fingerprint density at radius 2 is 1.86 bits per heavy atom. The molecule has 0 saturated carbocycles. The molecule has 0 bridgehead atoms. The van der Waals surface area contributed by atoms with Crippen LogP contribution in [0, 0.1) is 0 Å². The molecule has 140 valence electrons. The molecule has 1 fully saturated rings. The zero-order valence-corrected chi connectivity index (χ0v) is 15.1. The molecule has 3 aromatic rings. The van der Waals surface area contributed by atoms with Crippen molar-refractivity contribution in [1.82, 2.24) is 14.9 Å². The Morgan fingerprint density at radius 1 is 1.11 bits per heavy atom. The predicted molar refractivity (Wildman–Crippen MR) is 108 cm³/mol. The number of benzene rings is 2. The summed E-state index contributed by atoms with van der Waals surface area (Å²) in [7, 11) is 0. The van der Waals surface area contributed by atoms with Crippen LogP contribution in [0.5, 0.6) is 0 Å². The van der Waals surface area contributed by atoms with Gasteiger partial charge in [-0.2, -0.15) is 0 Å². The van der Waals surface area contributed by atoms with Crippen molar-refractivity contribution in [3.05, 3.63) is 71.9 Å². The van der Waals surface area contributed by atoms with E-state index in [1.54, 1.807) is 41.4 Å². The average Bonchev–Trinajstić information content (AvgIpc) is 2.68. The van der Waals surface area contributed by atoms with E-state index in [1.807, 2.05) is 24.3 Å². The molecule has 0 aliphatic carbocycles. The van der Waals surface area contributed by atoms with E-state index in [0.29, 0.717) is 24.6 Å². The zero-order valence-electron chi connectivity index (χ0n) is 15.1. The van der Waals surface area contributed by atoms with E-state index in [2.05, 4.69) is 15.3 Å². The molecule has 0 atom stereocenters. The largest absolute Gasteiger partial charge is 0.366 e. The number of rotatable bonds is 5. The molecule has 2 heterocycles. The van der Waals surface area contributed by atoms with Crippen LogP contribution >= 0.6 is 0 Å². The fourth-order valence-corrected chi connectivity index (χ4v) is 3.06. The fourth-order valence-electron chi connectivity index (χ4n) is 3.06. The van der Waals surface area contributed by atoms with Crippen molar-refractivity contribution in [2.45, 2.75) is 6.04 Å². The number of para-hydroxylation sites is 1. The molecule has 0 spiro atoms. The third kappa shape index (κ3) is 3.83. The Labute approximate surface area is 161 Å². The van der Waals surface area contributed by atoms with Gasteiger partial charge in [0.15, 0.2) is 0 Å². The van der Waals surface area contributed by atoms with E-state index in [-0.39, 0.29) is 11.9 Å². The molecule has 2 amide bonds. The van der Waals surface area contributed by atoms with Gasteiger partial charge in [-0.05, 0) is 29.8 Å². The highest BCUT2D eigenvalue weighted by Crippen LogP contribution is 2.18. The summed E-state index contributed by atoms with van der Waals surface area (Å²) in [5.74, 6) is 0.0407. The summed E-state index contributed by atoms with van der Waals surface area (Å²) in [5.41, 5.74) is 7.38. The van der Waals surface area contributed by atoms with E-state index in [9.17, 15) is 9.59 Å². The van der Waals surface area contributed by atoms with Crippen molar-refractivity contribution in [1.29, 1.82) is 0 Å². The van der Waals surface area contributed by atoms with Crippen molar-refractivity contribution < 1.29 is 9.59 Å². The lowest BCUT2D eigenvalue weighted by atomic mass is 10.1. The molecule has 1 saturated heterocycles. The molecule has 1 aromatic heterocycles. The number of primary amides is 1. The Bertz CT molecular complexity index is 1060. The highest BCUT2D eigenvalue weighted by atomic mass is 16.2. The summed E-state index contributed by atoms with van der Waals surface area (Å²) in [6.45, 7) is 1.19.